The Morgan fingerprint density at radius 1 is 1.24 bits per heavy atom. The molecule has 29 heavy (non-hydrogen) atoms. The summed E-state index contributed by atoms with van der Waals surface area (Å²) in [4.78, 5) is 24.2. The molecule has 0 aliphatic carbocycles. The molecule has 0 aliphatic heterocycles. The number of aromatic nitrogens is 4. The van der Waals surface area contributed by atoms with Crippen molar-refractivity contribution in [3.8, 4) is 0 Å². The summed E-state index contributed by atoms with van der Waals surface area (Å²) >= 11 is 7.57. The number of hydrogen-bond acceptors (Lipinski definition) is 6. The van der Waals surface area contributed by atoms with Gasteiger partial charge in [-0.2, -0.15) is 4.98 Å². The van der Waals surface area contributed by atoms with Crippen molar-refractivity contribution in [1.82, 2.24) is 20.1 Å². The first-order chi connectivity index (χ1) is 14.1. The quantitative estimate of drug-likeness (QED) is 0.412. The van der Waals surface area contributed by atoms with Crippen molar-refractivity contribution in [3.05, 3.63) is 64.8 Å². The van der Waals surface area contributed by atoms with Gasteiger partial charge in [-0.25, -0.2) is 4.98 Å². The van der Waals surface area contributed by atoms with Crippen LogP contribution in [0.1, 0.15) is 23.7 Å². The number of aromatic amines is 1. The Bertz CT molecular complexity index is 1120. The van der Waals surface area contributed by atoms with E-state index < -0.39 is 0 Å². The molecular weight excluding hydrogens is 410 g/mol. The maximum atomic E-state index is 12.1. The fraction of sp³-hybridized carbons (Fsp3) is 0.200. The lowest BCUT2D eigenvalue weighted by atomic mass is 10.2. The number of nitrogens with one attached hydrogen (secondary N) is 2. The standard InChI is InChI=1S/C20H18ClN5O2S/c1-12-6-7-13(10-14(12)21)22-18(27)8-9-19-25-17(26-28-19)11-29-20-23-15-4-2-3-5-16(15)24-20/h2-7,10H,8-9,11H2,1H3,(H,22,27)(H,23,24). The van der Waals surface area contributed by atoms with Gasteiger partial charge in [0.2, 0.25) is 11.8 Å². The zero-order valence-electron chi connectivity index (χ0n) is 15.6. The molecule has 0 aliphatic rings. The molecule has 2 N–H and O–H groups in total. The van der Waals surface area contributed by atoms with Crippen LogP contribution in [-0.4, -0.2) is 26.0 Å². The minimum Gasteiger partial charge on any atom is -0.339 e. The summed E-state index contributed by atoms with van der Waals surface area (Å²) in [6.45, 7) is 1.91. The molecule has 0 fully saturated rings. The van der Waals surface area contributed by atoms with Crippen LogP contribution in [0, 0.1) is 6.92 Å². The van der Waals surface area contributed by atoms with E-state index in [1.807, 2.05) is 43.3 Å². The predicted octanol–water partition coefficient (Wildman–Crippen LogP) is 4.77. The molecule has 9 heteroatoms. The second-order valence-corrected chi connectivity index (χ2v) is 7.84. The molecule has 1 amide bonds. The number of anilines is 1. The second kappa shape index (κ2) is 8.67. The number of benzene rings is 2. The summed E-state index contributed by atoms with van der Waals surface area (Å²) in [5.41, 5.74) is 3.54. The Balaban J connectivity index is 1.27. The van der Waals surface area contributed by atoms with Crippen molar-refractivity contribution in [2.24, 2.45) is 0 Å². The van der Waals surface area contributed by atoms with Crippen molar-refractivity contribution in [1.29, 1.82) is 0 Å². The molecule has 2 heterocycles. The van der Waals surface area contributed by atoms with Gasteiger partial charge in [0, 0.05) is 23.6 Å². The van der Waals surface area contributed by atoms with Crippen LogP contribution in [0.4, 0.5) is 5.69 Å². The molecular formula is C20H18ClN5O2S. The van der Waals surface area contributed by atoms with Crippen molar-refractivity contribution in [2.45, 2.75) is 30.7 Å². The zero-order chi connectivity index (χ0) is 20.2. The molecule has 0 saturated heterocycles. The number of hydrogen-bond donors (Lipinski definition) is 2. The number of para-hydroxylation sites is 2. The van der Waals surface area contributed by atoms with E-state index in [-0.39, 0.29) is 12.3 Å². The van der Waals surface area contributed by atoms with E-state index in [9.17, 15) is 4.79 Å². The third-order valence-corrected chi connectivity index (χ3v) is 5.51. The minimum absolute atomic E-state index is 0.138. The Morgan fingerprint density at radius 3 is 2.93 bits per heavy atom. The maximum absolute atomic E-state index is 12.1. The third kappa shape index (κ3) is 4.96. The number of thioether (sulfide) groups is 1. The molecule has 2 aromatic carbocycles. The van der Waals surface area contributed by atoms with Crippen LogP contribution >= 0.6 is 23.4 Å². The molecule has 0 spiro atoms. The molecule has 0 radical (unpaired) electrons. The van der Waals surface area contributed by atoms with Crippen molar-refractivity contribution < 1.29 is 9.32 Å². The third-order valence-electron chi connectivity index (χ3n) is 4.24. The highest BCUT2D eigenvalue weighted by Gasteiger charge is 2.11. The average Bonchev–Trinajstić information content (AvgIpc) is 3.34. The van der Waals surface area contributed by atoms with E-state index in [1.165, 1.54) is 11.8 Å². The number of carbonyl (C=O) groups is 1. The number of H-pyrrole nitrogens is 1. The van der Waals surface area contributed by atoms with E-state index in [0.717, 1.165) is 21.8 Å². The molecule has 0 unspecified atom stereocenters. The van der Waals surface area contributed by atoms with Crippen molar-refractivity contribution in [2.75, 3.05) is 5.32 Å². The highest BCUT2D eigenvalue weighted by Crippen LogP contribution is 2.22. The summed E-state index contributed by atoms with van der Waals surface area (Å²) in [5.74, 6) is 1.39. The summed E-state index contributed by atoms with van der Waals surface area (Å²) in [6.07, 6.45) is 0.609. The van der Waals surface area contributed by atoms with Gasteiger partial charge in [0.15, 0.2) is 11.0 Å². The summed E-state index contributed by atoms with van der Waals surface area (Å²) in [6, 6.07) is 13.3. The van der Waals surface area contributed by atoms with E-state index in [4.69, 9.17) is 16.1 Å². The van der Waals surface area contributed by atoms with Gasteiger partial charge in [-0.1, -0.05) is 46.7 Å². The fourth-order valence-electron chi connectivity index (χ4n) is 2.70. The Hall–Kier alpha value is -2.84. The zero-order valence-corrected chi connectivity index (χ0v) is 17.2. The normalized spacial score (nSPS) is 11.1. The van der Waals surface area contributed by atoms with Crippen LogP contribution in [0.5, 0.6) is 0 Å². The number of aryl methyl sites for hydroxylation is 2. The van der Waals surface area contributed by atoms with Gasteiger partial charge < -0.3 is 14.8 Å². The Kier molecular flexibility index (Phi) is 5.82. The summed E-state index contributed by atoms with van der Waals surface area (Å²) in [5, 5.41) is 8.20. The molecule has 0 atom stereocenters. The number of fused-ring (bicyclic) bond motifs is 1. The molecule has 0 saturated carbocycles. The van der Waals surface area contributed by atoms with Gasteiger partial charge >= 0.3 is 0 Å². The number of rotatable bonds is 7. The van der Waals surface area contributed by atoms with Gasteiger partial charge in [0.1, 0.15) is 0 Å². The van der Waals surface area contributed by atoms with Crippen LogP contribution < -0.4 is 5.32 Å². The molecule has 7 nitrogen and oxygen atoms in total. The smallest absolute Gasteiger partial charge is 0.227 e. The molecule has 0 bridgehead atoms. The first kappa shape index (κ1) is 19.5. The summed E-state index contributed by atoms with van der Waals surface area (Å²) in [7, 11) is 0. The van der Waals surface area contributed by atoms with Crippen LogP contribution in [0.15, 0.2) is 52.1 Å². The van der Waals surface area contributed by atoms with Gasteiger partial charge in [-0.3, -0.25) is 4.79 Å². The largest absolute Gasteiger partial charge is 0.339 e. The van der Waals surface area contributed by atoms with Crippen LogP contribution in [0.25, 0.3) is 11.0 Å². The van der Waals surface area contributed by atoms with Crippen LogP contribution in [-0.2, 0) is 17.0 Å². The average molecular weight is 428 g/mol. The van der Waals surface area contributed by atoms with Crippen molar-refractivity contribution in [3.63, 3.8) is 0 Å². The molecule has 2 aromatic heterocycles. The highest BCUT2D eigenvalue weighted by atomic mass is 35.5. The number of nitrogens with zero attached hydrogens (tertiary/aromatic N) is 3. The van der Waals surface area contributed by atoms with Crippen LogP contribution in [0.3, 0.4) is 0 Å². The van der Waals surface area contributed by atoms with Gasteiger partial charge in [0.25, 0.3) is 0 Å². The molecule has 148 valence electrons. The lowest BCUT2D eigenvalue weighted by molar-refractivity contribution is -0.116. The lowest BCUT2D eigenvalue weighted by Crippen LogP contribution is -2.12. The Labute approximate surface area is 176 Å². The number of carbonyl (C=O) groups excluding carboxylic acids is 1. The minimum atomic E-state index is -0.138. The first-order valence-corrected chi connectivity index (χ1v) is 10.4. The summed E-state index contributed by atoms with van der Waals surface area (Å²) < 4.78 is 5.24. The Morgan fingerprint density at radius 2 is 2.10 bits per heavy atom. The van der Waals surface area contributed by atoms with Gasteiger partial charge in [-0.15, -0.1) is 0 Å². The van der Waals surface area contributed by atoms with Gasteiger partial charge in [-0.05, 0) is 36.8 Å². The SMILES string of the molecule is Cc1ccc(NC(=O)CCc2nc(CSc3nc4ccccc4[nH]3)no2)cc1Cl. The topological polar surface area (TPSA) is 96.7 Å². The maximum Gasteiger partial charge on any atom is 0.227 e. The predicted molar refractivity (Wildman–Crippen MR) is 113 cm³/mol. The van der Waals surface area contributed by atoms with Gasteiger partial charge in [0.05, 0.1) is 16.8 Å². The number of imidazole rings is 1. The molecule has 4 aromatic rings. The van der Waals surface area contributed by atoms with E-state index in [1.54, 1.807) is 6.07 Å². The number of amides is 1. The van der Waals surface area contributed by atoms with E-state index >= 15 is 0 Å². The first-order valence-electron chi connectivity index (χ1n) is 9.02. The van der Waals surface area contributed by atoms with E-state index in [2.05, 4.69) is 25.4 Å². The highest BCUT2D eigenvalue weighted by molar-refractivity contribution is 7.98. The van der Waals surface area contributed by atoms with Crippen LogP contribution in [0.2, 0.25) is 5.02 Å². The second-order valence-electron chi connectivity index (χ2n) is 6.46. The van der Waals surface area contributed by atoms with E-state index in [0.29, 0.717) is 34.6 Å². The number of halogens is 1. The fourth-order valence-corrected chi connectivity index (χ4v) is 3.60. The van der Waals surface area contributed by atoms with Crippen molar-refractivity contribution >= 4 is 46.0 Å². The monoisotopic (exact) mass is 427 g/mol. The lowest BCUT2D eigenvalue weighted by Gasteiger charge is -2.06. The molecule has 4 rings (SSSR count).